The molecule has 0 unspecified atom stereocenters. The molecule has 1 spiro atoms. The molecule has 1 saturated carbocycles. The largest absolute Gasteiger partial charge is 0.456 e. The number of ether oxygens (including phenoxy) is 3. The van der Waals surface area contributed by atoms with Crippen LogP contribution in [0.15, 0.2) is 18.2 Å². The van der Waals surface area contributed by atoms with Crippen molar-refractivity contribution < 1.29 is 33.4 Å². The molecule has 2 aliphatic heterocycles. The lowest BCUT2D eigenvalue weighted by molar-refractivity contribution is -0.147. The molecule has 0 radical (unpaired) electrons. The van der Waals surface area contributed by atoms with Crippen LogP contribution in [0, 0.1) is 5.92 Å². The Hall–Kier alpha value is -3.10. The SMILES string of the molecule is C[C@@H]1CCCC[C@]12NC(=O)N(CC(=O)OCC(=O)c1ccc3c(c1)OCO3)C2=O. The molecule has 2 heterocycles. The number of amides is 3. The lowest BCUT2D eigenvalue weighted by Crippen LogP contribution is -2.54. The first-order valence-corrected chi connectivity index (χ1v) is 9.63. The second kappa shape index (κ2) is 7.38. The highest BCUT2D eigenvalue weighted by Gasteiger charge is 2.55. The molecular formula is C20H22N2O7. The van der Waals surface area contributed by atoms with Crippen molar-refractivity contribution in [1.82, 2.24) is 10.2 Å². The van der Waals surface area contributed by atoms with Gasteiger partial charge in [0.15, 0.2) is 23.9 Å². The third kappa shape index (κ3) is 3.41. The monoisotopic (exact) mass is 402 g/mol. The van der Waals surface area contributed by atoms with Crippen LogP contribution in [0.25, 0.3) is 0 Å². The number of rotatable bonds is 5. The molecule has 1 saturated heterocycles. The fourth-order valence-electron chi connectivity index (χ4n) is 4.11. The summed E-state index contributed by atoms with van der Waals surface area (Å²) in [5.41, 5.74) is -0.621. The maximum absolute atomic E-state index is 12.8. The maximum Gasteiger partial charge on any atom is 0.326 e. The second-order valence-corrected chi connectivity index (χ2v) is 7.59. The molecule has 4 rings (SSSR count). The molecule has 2 fully saturated rings. The van der Waals surface area contributed by atoms with Crippen LogP contribution < -0.4 is 14.8 Å². The molecule has 0 bridgehead atoms. The zero-order valence-electron chi connectivity index (χ0n) is 16.1. The van der Waals surface area contributed by atoms with Gasteiger partial charge < -0.3 is 19.5 Å². The van der Waals surface area contributed by atoms with Crippen LogP contribution in [0.5, 0.6) is 11.5 Å². The van der Waals surface area contributed by atoms with Crippen molar-refractivity contribution in [1.29, 1.82) is 0 Å². The van der Waals surface area contributed by atoms with Crippen LogP contribution in [0.1, 0.15) is 43.0 Å². The third-order valence-corrected chi connectivity index (χ3v) is 5.85. The molecule has 2 atom stereocenters. The minimum absolute atomic E-state index is 0.00121. The fraction of sp³-hybridized carbons (Fsp3) is 0.500. The quantitative estimate of drug-likeness (QED) is 0.453. The van der Waals surface area contributed by atoms with E-state index in [1.165, 1.54) is 6.07 Å². The van der Waals surface area contributed by atoms with Crippen LogP contribution in [0.2, 0.25) is 0 Å². The van der Waals surface area contributed by atoms with Crippen LogP contribution in [-0.2, 0) is 14.3 Å². The molecule has 154 valence electrons. The van der Waals surface area contributed by atoms with E-state index < -0.39 is 42.4 Å². The Bertz CT molecular complexity index is 884. The van der Waals surface area contributed by atoms with Crippen molar-refractivity contribution in [3.05, 3.63) is 23.8 Å². The van der Waals surface area contributed by atoms with Crippen molar-refractivity contribution >= 4 is 23.7 Å². The van der Waals surface area contributed by atoms with Crippen LogP contribution >= 0.6 is 0 Å². The summed E-state index contributed by atoms with van der Waals surface area (Å²) in [6, 6.07) is 4.08. The molecule has 0 aromatic heterocycles. The number of nitrogens with one attached hydrogen (secondary N) is 1. The smallest absolute Gasteiger partial charge is 0.326 e. The number of benzene rings is 1. The lowest BCUT2D eigenvalue weighted by atomic mass is 9.73. The number of fused-ring (bicyclic) bond motifs is 1. The molecule has 1 aromatic carbocycles. The zero-order chi connectivity index (χ0) is 20.6. The molecule has 1 aliphatic carbocycles. The number of ketones is 1. The standard InChI is InChI=1S/C20H22N2O7/c1-12-4-2-3-7-20(12)18(25)22(19(26)21-20)9-17(24)27-10-14(23)13-5-6-15-16(8-13)29-11-28-15/h5-6,8,12H,2-4,7,9-11H2,1H3,(H,21,26)/t12-,20+/m1/s1. The average molecular weight is 402 g/mol. The number of carbonyl (C=O) groups excluding carboxylic acids is 4. The van der Waals surface area contributed by atoms with E-state index in [0.717, 1.165) is 24.2 Å². The first-order chi connectivity index (χ1) is 13.9. The van der Waals surface area contributed by atoms with Crippen molar-refractivity contribution in [3.8, 4) is 11.5 Å². The third-order valence-electron chi connectivity index (χ3n) is 5.85. The van der Waals surface area contributed by atoms with Gasteiger partial charge in [-0.05, 0) is 37.0 Å². The summed E-state index contributed by atoms with van der Waals surface area (Å²) in [6.45, 7) is 1.01. The Morgan fingerprint density at radius 2 is 2.03 bits per heavy atom. The lowest BCUT2D eigenvalue weighted by Gasteiger charge is -2.36. The molecule has 3 aliphatic rings. The number of carbonyl (C=O) groups is 4. The molecule has 29 heavy (non-hydrogen) atoms. The van der Waals surface area contributed by atoms with Crippen molar-refractivity contribution in [3.63, 3.8) is 0 Å². The van der Waals surface area contributed by atoms with Crippen LogP contribution in [0.4, 0.5) is 4.79 Å². The van der Waals surface area contributed by atoms with E-state index in [2.05, 4.69) is 5.32 Å². The number of hydrogen-bond donors (Lipinski definition) is 1. The van der Waals surface area contributed by atoms with Gasteiger partial charge in [0.05, 0.1) is 0 Å². The number of urea groups is 1. The van der Waals surface area contributed by atoms with Gasteiger partial charge in [0.1, 0.15) is 12.1 Å². The molecule has 9 heteroatoms. The molecule has 1 aromatic rings. The summed E-state index contributed by atoms with van der Waals surface area (Å²) >= 11 is 0. The summed E-state index contributed by atoms with van der Waals surface area (Å²) in [7, 11) is 0. The number of esters is 1. The van der Waals surface area contributed by atoms with Gasteiger partial charge >= 0.3 is 12.0 Å². The van der Waals surface area contributed by atoms with Gasteiger partial charge in [-0.25, -0.2) is 4.79 Å². The number of nitrogens with zero attached hydrogens (tertiary/aromatic N) is 1. The van der Waals surface area contributed by atoms with Gasteiger partial charge in [-0.15, -0.1) is 0 Å². The first-order valence-electron chi connectivity index (χ1n) is 9.63. The Balaban J connectivity index is 1.34. The van der Waals surface area contributed by atoms with Gasteiger partial charge in [-0.3, -0.25) is 19.3 Å². The summed E-state index contributed by atoms with van der Waals surface area (Å²) < 4.78 is 15.4. The zero-order valence-corrected chi connectivity index (χ0v) is 16.1. The van der Waals surface area contributed by atoms with Gasteiger partial charge in [-0.1, -0.05) is 19.8 Å². The number of imide groups is 1. The van der Waals surface area contributed by atoms with E-state index in [9.17, 15) is 19.2 Å². The number of hydrogen-bond acceptors (Lipinski definition) is 7. The Morgan fingerprint density at radius 1 is 1.24 bits per heavy atom. The highest BCUT2D eigenvalue weighted by atomic mass is 16.7. The van der Waals surface area contributed by atoms with E-state index in [4.69, 9.17) is 14.2 Å². The molecule has 3 amide bonds. The van der Waals surface area contributed by atoms with Crippen LogP contribution in [0.3, 0.4) is 0 Å². The van der Waals surface area contributed by atoms with Gasteiger partial charge in [-0.2, -0.15) is 0 Å². The Morgan fingerprint density at radius 3 is 2.83 bits per heavy atom. The molecule has 9 nitrogen and oxygen atoms in total. The normalized spacial score (nSPS) is 25.3. The van der Waals surface area contributed by atoms with E-state index in [-0.39, 0.29) is 12.7 Å². The van der Waals surface area contributed by atoms with Gasteiger partial charge in [0.25, 0.3) is 5.91 Å². The van der Waals surface area contributed by atoms with Gasteiger partial charge in [0.2, 0.25) is 6.79 Å². The van der Waals surface area contributed by atoms with Crippen molar-refractivity contribution in [2.24, 2.45) is 5.92 Å². The summed E-state index contributed by atoms with van der Waals surface area (Å²) in [5.74, 6) is -0.638. The highest BCUT2D eigenvalue weighted by Crippen LogP contribution is 2.38. The topological polar surface area (TPSA) is 111 Å². The summed E-state index contributed by atoms with van der Waals surface area (Å²) in [4.78, 5) is 50.5. The second-order valence-electron chi connectivity index (χ2n) is 7.59. The molecular weight excluding hydrogens is 380 g/mol. The van der Waals surface area contributed by atoms with Crippen molar-refractivity contribution in [2.75, 3.05) is 19.9 Å². The van der Waals surface area contributed by atoms with Gasteiger partial charge in [0, 0.05) is 5.56 Å². The van der Waals surface area contributed by atoms with E-state index >= 15 is 0 Å². The Kier molecular flexibility index (Phi) is 4.89. The fourth-order valence-corrected chi connectivity index (χ4v) is 4.11. The van der Waals surface area contributed by atoms with Crippen LogP contribution in [-0.4, -0.2) is 54.1 Å². The maximum atomic E-state index is 12.8. The van der Waals surface area contributed by atoms with E-state index in [0.29, 0.717) is 23.5 Å². The predicted octanol–water partition coefficient (Wildman–Crippen LogP) is 1.64. The Labute approximate surface area is 167 Å². The first kappa shape index (κ1) is 19.2. The van der Waals surface area contributed by atoms with E-state index in [1.807, 2.05) is 6.92 Å². The number of Topliss-reactive ketones (excluding diaryl/α,β-unsaturated/α-hetero) is 1. The highest BCUT2D eigenvalue weighted by molar-refractivity contribution is 6.09. The summed E-state index contributed by atoms with van der Waals surface area (Å²) in [5, 5.41) is 2.78. The average Bonchev–Trinajstić information content (AvgIpc) is 3.27. The summed E-state index contributed by atoms with van der Waals surface area (Å²) in [6.07, 6.45) is 3.26. The van der Waals surface area contributed by atoms with E-state index in [1.54, 1.807) is 12.1 Å². The predicted molar refractivity (Wildman–Crippen MR) is 98.5 cm³/mol. The minimum atomic E-state index is -0.933. The minimum Gasteiger partial charge on any atom is -0.456 e. The van der Waals surface area contributed by atoms with Crippen molar-refractivity contribution in [2.45, 2.75) is 38.1 Å². The molecule has 1 N–H and O–H groups in total.